The fourth-order valence-corrected chi connectivity index (χ4v) is 2.63. The molecule has 0 saturated heterocycles. The van der Waals surface area contributed by atoms with Crippen LogP contribution >= 0.6 is 0 Å². The van der Waals surface area contributed by atoms with Crippen LogP contribution in [0.15, 0.2) is 67.3 Å². The summed E-state index contributed by atoms with van der Waals surface area (Å²) in [6.07, 6.45) is 3.35. The first-order chi connectivity index (χ1) is 13.6. The highest BCUT2D eigenvalue weighted by Crippen LogP contribution is 2.17. The molecule has 2 aromatic carbocycles. The molecule has 0 spiro atoms. The third-order valence-corrected chi connectivity index (χ3v) is 4.11. The second-order valence-electron chi connectivity index (χ2n) is 6.26. The molecule has 1 aromatic heterocycles. The quantitative estimate of drug-likeness (QED) is 0.588. The summed E-state index contributed by atoms with van der Waals surface area (Å²) in [4.78, 5) is 27.9. The van der Waals surface area contributed by atoms with Gasteiger partial charge in [0.15, 0.2) is 0 Å². The maximum absolute atomic E-state index is 12.1. The summed E-state index contributed by atoms with van der Waals surface area (Å²) in [5.41, 5.74) is 2.34. The van der Waals surface area contributed by atoms with Crippen LogP contribution in [-0.2, 0) is 11.3 Å². The van der Waals surface area contributed by atoms with Gasteiger partial charge in [-0.15, -0.1) is 0 Å². The number of carbonyl (C=O) groups excluding carboxylic acids is 2. The predicted molar refractivity (Wildman–Crippen MR) is 107 cm³/mol. The molecule has 28 heavy (non-hydrogen) atoms. The molecule has 0 aliphatic heterocycles. The zero-order valence-corrected chi connectivity index (χ0v) is 15.5. The van der Waals surface area contributed by atoms with E-state index in [0.29, 0.717) is 18.7 Å². The lowest BCUT2D eigenvalue weighted by atomic mass is 10.1. The molecule has 1 unspecified atom stereocenters. The highest BCUT2D eigenvalue weighted by Gasteiger charge is 2.10. The minimum atomic E-state index is -0.312. The minimum absolute atomic E-state index is 0.0626. The number of nitrogens with zero attached hydrogens (tertiary/aromatic N) is 3. The summed E-state index contributed by atoms with van der Waals surface area (Å²) < 4.78 is 1.62. The number of rotatable bonds is 7. The van der Waals surface area contributed by atoms with E-state index < -0.39 is 0 Å². The lowest BCUT2D eigenvalue weighted by molar-refractivity contribution is -0.122. The number of aryl methyl sites for hydroxylation is 1. The summed E-state index contributed by atoms with van der Waals surface area (Å²) in [5, 5.41) is 12.5. The molecule has 0 bridgehead atoms. The number of nitrogens with one attached hydrogen (secondary N) is 3. The number of urea groups is 1. The van der Waals surface area contributed by atoms with Gasteiger partial charge in [-0.3, -0.25) is 9.48 Å². The number of carbonyl (C=O) groups is 2. The zero-order valence-electron chi connectivity index (χ0n) is 15.5. The third-order valence-electron chi connectivity index (χ3n) is 4.11. The lowest BCUT2D eigenvalue weighted by Crippen LogP contribution is -2.27. The molecule has 0 aliphatic carbocycles. The van der Waals surface area contributed by atoms with Gasteiger partial charge < -0.3 is 16.0 Å². The number of anilines is 2. The van der Waals surface area contributed by atoms with E-state index in [1.807, 2.05) is 49.4 Å². The molecule has 8 nitrogen and oxygen atoms in total. The first-order valence-electron chi connectivity index (χ1n) is 8.95. The molecule has 1 atom stereocenters. The van der Waals surface area contributed by atoms with Crippen LogP contribution < -0.4 is 16.0 Å². The second kappa shape index (κ2) is 9.31. The summed E-state index contributed by atoms with van der Waals surface area (Å²) in [7, 11) is 0. The highest BCUT2D eigenvalue weighted by atomic mass is 16.2. The Morgan fingerprint density at radius 2 is 1.68 bits per heavy atom. The van der Waals surface area contributed by atoms with Crippen molar-refractivity contribution in [1.29, 1.82) is 0 Å². The average molecular weight is 378 g/mol. The van der Waals surface area contributed by atoms with E-state index in [2.05, 4.69) is 26.0 Å². The number of benzene rings is 2. The zero-order chi connectivity index (χ0) is 19.8. The number of aromatic nitrogens is 3. The van der Waals surface area contributed by atoms with E-state index in [1.54, 1.807) is 23.1 Å². The Morgan fingerprint density at radius 1 is 1.00 bits per heavy atom. The molecular weight excluding hydrogens is 356 g/mol. The Hall–Kier alpha value is -3.68. The molecule has 144 valence electrons. The molecule has 0 aliphatic rings. The van der Waals surface area contributed by atoms with Gasteiger partial charge >= 0.3 is 6.03 Å². The van der Waals surface area contributed by atoms with Crippen LogP contribution in [0.5, 0.6) is 0 Å². The summed E-state index contributed by atoms with van der Waals surface area (Å²) >= 11 is 0. The van der Waals surface area contributed by atoms with Crippen molar-refractivity contribution < 1.29 is 9.59 Å². The maximum atomic E-state index is 12.1. The molecule has 3 rings (SSSR count). The summed E-state index contributed by atoms with van der Waals surface area (Å²) in [5.74, 6) is -0.0626. The third kappa shape index (κ3) is 5.66. The van der Waals surface area contributed by atoms with E-state index in [0.717, 1.165) is 11.3 Å². The van der Waals surface area contributed by atoms with Gasteiger partial charge in [-0.05, 0) is 36.8 Å². The molecule has 8 heteroatoms. The predicted octanol–water partition coefficient (Wildman–Crippen LogP) is 3.19. The average Bonchev–Trinajstić information content (AvgIpc) is 3.21. The van der Waals surface area contributed by atoms with Gasteiger partial charge in [0, 0.05) is 17.8 Å². The Kier molecular flexibility index (Phi) is 6.35. The minimum Gasteiger partial charge on any atom is -0.350 e. The number of hydrogen-bond acceptors (Lipinski definition) is 4. The number of hydrogen-bond donors (Lipinski definition) is 3. The van der Waals surface area contributed by atoms with Crippen molar-refractivity contribution in [2.45, 2.75) is 25.9 Å². The summed E-state index contributed by atoms with van der Waals surface area (Å²) in [6, 6.07) is 16.1. The van der Waals surface area contributed by atoms with E-state index in [9.17, 15) is 9.59 Å². The van der Waals surface area contributed by atoms with Crippen molar-refractivity contribution in [1.82, 2.24) is 20.1 Å². The van der Waals surface area contributed by atoms with Gasteiger partial charge in [-0.25, -0.2) is 9.78 Å². The van der Waals surface area contributed by atoms with Gasteiger partial charge in [0.1, 0.15) is 12.7 Å². The van der Waals surface area contributed by atoms with Crippen molar-refractivity contribution in [3.8, 4) is 0 Å². The second-order valence-corrected chi connectivity index (χ2v) is 6.26. The smallest absolute Gasteiger partial charge is 0.323 e. The highest BCUT2D eigenvalue weighted by molar-refractivity contribution is 5.99. The van der Waals surface area contributed by atoms with Crippen LogP contribution in [0, 0.1) is 0 Å². The van der Waals surface area contributed by atoms with Crippen molar-refractivity contribution in [3.63, 3.8) is 0 Å². The topological polar surface area (TPSA) is 101 Å². The van der Waals surface area contributed by atoms with E-state index >= 15 is 0 Å². The van der Waals surface area contributed by atoms with Gasteiger partial charge in [-0.1, -0.05) is 30.3 Å². The van der Waals surface area contributed by atoms with Crippen LogP contribution in [0.1, 0.15) is 24.9 Å². The first kappa shape index (κ1) is 19.1. The normalized spacial score (nSPS) is 11.5. The van der Waals surface area contributed by atoms with Crippen molar-refractivity contribution in [3.05, 3.63) is 72.8 Å². The van der Waals surface area contributed by atoms with E-state index in [4.69, 9.17) is 0 Å². The van der Waals surface area contributed by atoms with E-state index in [-0.39, 0.29) is 18.0 Å². The van der Waals surface area contributed by atoms with Crippen LogP contribution in [0.3, 0.4) is 0 Å². The van der Waals surface area contributed by atoms with Crippen molar-refractivity contribution >= 4 is 23.3 Å². The Labute approximate surface area is 163 Å². The Bertz CT molecular complexity index is 894. The van der Waals surface area contributed by atoms with Crippen molar-refractivity contribution in [2.24, 2.45) is 0 Å². The van der Waals surface area contributed by atoms with Gasteiger partial charge in [0.05, 0.1) is 12.6 Å². The van der Waals surface area contributed by atoms with Crippen LogP contribution in [0.4, 0.5) is 16.2 Å². The molecule has 3 amide bonds. The molecule has 0 fully saturated rings. The van der Waals surface area contributed by atoms with Gasteiger partial charge in [-0.2, -0.15) is 5.10 Å². The molecule has 3 aromatic rings. The van der Waals surface area contributed by atoms with Gasteiger partial charge in [0.2, 0.25) is 5.91 Å². The largest absolute Gasteiger partial charge is 0.350 e. The van der Waals surface area contributed by atoms with Crippen molar-refractivity contribution in [2.75, 3.05) is 10.6 Å². The standard InChI is InChI=1S/C20H22N6O2/c1-15(23-19(27)11-12-26-14-21-13-22-26)16-7-9-18(10-8-16)25-20(28)24-17-5-3-2-4-6-17/h2-10,13-15H,11-12H2,1H3,(H,23,27)(H2,24,25,28). The SMILES string of the molecule is CC(NC(=O)CCn1cncn1)c1ccc(NC(=O)Nc2ccccc2)cc1. The molecule has 0 saturated carbocycles. The van der Waals surface area contributed by atoms with E-state index in [1.165, 1.54) is 6.33 Å². The number of amides is 3. The fourth-order valence-electron chi connectivity index (χ4n) is 2.63. The monoisotopic (exact) mass is 378 g/mol. The summed E-state index contributed by atoms with van der Waals surface area (Å²) in [6.45, 7) is 2.40. The molecule has 0 radical (unpaired) electrons. The van der Waals surface area contributed by atoms with Crippen LogP contribution in [0.25, 0.3) is 0 Å². The Balaban J connectivity index is 1.47. The number of para-hydroxylation sites is 1. The van der Waals surface area contributed by atoms with Crippen LogP contribution in [0.2, 0.25) is 0 Å². The van der Waals surface area contributed by atoms with Gasteiger partial charge in [0.25, 0.3) is 0 Å². The molecular formula is C20H22N6O2. The molecule has 3 N–H and O–H groups in total. The fraction of sp³-hybridized carbons (Fsp3) is 0.200. The first-order valence-corrected chi connectivity index (χ1v) is 8.95. The van der Waals surface area contributed by atoms with Crippen LogP contribution in [-0.4, -0.2) is 26.7 Å². The lowest BCUT2D eigenvalue weighted by Gasteiger charge is -2.15. The maximum Gasteiger partial charge on any atom is 0.323 e. The Morgan fingerprint density at radius 3 is 2.32 bits per heavy atom. The molecule has 1 heterocycles.